The molecule has 0 saturated heterocycles. The van der Waals surface area contributed by atoms with Crippen molar-refractivity contribution in [2.24, 2.45) is 0 Å². The van der Waals surface area contributed by atoms with Crippen LogP contribution < -0.4 is 4.90 Å². The molecule has 0 aromatic heterocycles. The average molecular weight is 388 g/mol. The normalized spacial score (nSPS) is 21.4. The molecule has 8 heteroatoms. The summed E-state index contributed by atoms with van der Waals surface area (Å²) in [4.78, 5) is 40.3. The Morgan fingerprint density at radius 1 is 0.893 bits per heavy atom. The summed E-state index contributed by atoms with van der Waals surface area (Å²) in [5.74, 6) is -2.17. The Morgan fingerprint density at radius 2 is 1.43 bits per heavy atom. The van der Waals surface area contributed by atoms with Gasteiger partial charge in [0.2, 0.25) is 5.91 Å². The number of hydrogen-bond donors (Lipinski definition) is 0. The number of anilines is 1. The number of nitrogens with zero attached hydrogens (tertiary/aromatic N) is 2. The van der Waals surface area contributed by atoms with E-state index in [1.165, 1.54) is 25.2 Å². The number of fused-ring (bicyclic) bond motifs is 2. The van der Waals surface area contributed by atoms with Crippen LogP contribution >= 0.6 is 0 Å². The summed E-state index contributed by atoms with van der Waals surface area (Å²) in [6.07, 6.45) is -6.14. The van der Waals surface area contributed by atoms with E-state index >= 15 is 0 Å². The zero-order valence-corrected chi connectivity index (χ0v) is 14.8. The van der Waals surface area contributed by atoms with Gasteiger partial charge in [0, 0.05) is 19.3 Å². The van der Waals surface area contributed by atoms with Gasteiger partial charge in [0.25, 0.3) is 11.8 Å². The number of imide groups is 1. The van der Waals surface area contributed by atoms with Crippen molar-refractivity contribution >= 4 is 23.4 Å². The molecule has 2 aromatic rings. The lowest BCUT2D eigenvalue weighted by molar-refractivity contribution is -0.157. The van der Waals surface area contributed by atoms with Crippen molar-refractivity contribution in [1.82, 2.24) is 4.90 Å². The summed E-state index contributed by atoms with van der Waals surface area (Å²) in [6, 6.07) is 12.2. The van der Waals surface area contributed by atoms with Gasteiger partial charge in [0.05, 0.1) is 17.5 Å². The van der Waals surface area contributed by atoms with E-state index in [-0.39, 0.29) is 16.7 Å². The maximum atomic E-state index is 13.5. The standard InChI is InChI=1S/C20H15F3N2O3/c1-24-15-9-5-4-8-14(15)19(18(24)28,10-20(21,22)23)11-25-16(26)12-6-2-3-7-13(12)17(25)27/h2-9H,10-11H2,1H3/t19-/m1/s1. The van der Waals surface area contributed by atoms with Gasteiger partial charge in [-0.25, -0.2) is 0 Å². The first kappa shape index (κ1) is 18.2. The third-order valence-corrected chi connectivity index (χ3v) is 5.30. The highest BCUT2D eigenvalue weighted by molar-refractivity contribution is 6.22. The highest BCUT2D eigenvalue weighted by Crippen LogP contribution is 2.48. The molecule has 2 aromatic carbocycles. The van der Waals surface area contributed by atoms with E-state index in [4.69, 9.17) is 0 Å². The second-order valence-corrected chi connectivity index (χ2v) is 7.00. The first-order chi connectivity index (χ1) is 13.2. The monoisotopic (exact) mass is 388 g/mol. The molecule has 0 spiro atoms. The van der Waals surface area contributed by atoms with Gasteiger partial charge < -0.3 is 4.90 Å². The predicted octanol–water partition coefficient (Wildman–Crippen LogP) is 3.15. The lowest BCUT2D eigenvalue weighted by Crippen LogP contribution is -2.51. The second-order valence-electron chi connectivity index (χ2n) is 7.00. The molecular weight excluding hydrogens is 373 g/mol. The SMILES string of the molecule is CN1C(=O)[C@@](CN2C(=O)c3ccccc3C2=O)(CC(F)(F)F)c2ccccc21. The third-order valence-electron chi connectivity index (χ3n) is 5.30. The summed E-state index contributed by atoms with van der Waals surface area (Å²) in [6.45, 7) is -0.668. The fourth-order valence-electron chi connectivity index (χ4n) is 4.09. The number of carbonyl (C=O) groups is 3. The zero-order chi connectivity index (χ0) is 20.3. The Balaban J connectivity index is 1.83. The summed E-state index contributed by atoms with van der Waals surface area (Å²) in [5, 5.41) is 0. The van der Waals surface area contributed by atoms with Gasteiger partial charge in [-0.1, -0.05) is 30.3 Å². The fourth-order valence-corrected chi connectivity index (χ4v) is 4.09. The Labute approximate surface area is 158 Å². The van der Waals surface area contributed by atoms with Crippen LogP contribution in [0.5, 0.6) is 0 Å². The molecule has 0 unspecified atom stereocenters. The first-order valence-electron chi connectivity index (χ1n) is 8.55. The lowest BCUT2D eigenvalue weighted by Gasteiger charge is -2.32. The van der Waals surface area contributed by atoms with E-state index in [1.54, 1.807) is 30.3 Å². The molecule has 3 amide bonds. The molecule has 0 radical (unpaired) electrons. The van der Waals surface area contributed by atoms with Gasteiger partial charge in [0.15, 0.2) is 0 Å². The van der Waals surface area contributed by atoms with Crippen molar-refractivity contribution in [1.29, 1.82) is 0 Å². The zero-order valence-electron chi connectivity index (χ0n) is 14.8. The van der Waals surface area contributed by atoms with Crippen LogP contribution in [-0.2, 0) is 10.2 Å². The van der Waals surface area contributed by atoms with Crippen molar-refractivity contribution in [3.63, 3.8) is 0 Å². The Bertz CT molecular complexity index is 983. The maximum absolute atomic E-state index is 13.5. The fraction of sp³-hybridized carbons (Fsp3) is 0.250. The number of benzene rings is 2. The smallest absolute Gasteiger partial charge is 0.314 e. The van der Waals surface area contributed by atoms with E-state index in [0.717, 1.165) is 9.80 Å². The van der Waals surface area contributed by atoms with Gasteiger partial charge in [-0.15, -0.1) is 0 Å². The van der Waals surface area contributed by atoms with E-state index < -0.39 is 42.3 Å². The number of likely N-dealkylation sites (N-methyl/N-ethyl adjacent to an activating group) is 1. The number of hydrogen-bond acceptors (Lipinski definition) is 3. The lowest BCUT2D eigenvalue weighted by atomic mass is 9.77. The number of halogens is 3. The van der Waals surface area contributed by atoms with Crippen LogP contribution in [0.2, 0.25) is 0 Å². The maximum Gasteiger partial charge on any atom is 0.390 e. The van der Waals surface area contributed by atoms with Crippen molar-refractivity contribution in [3.8, 4) is 0 Å². The second kappa shape index (κ2) is 5.92. The minimum Gasteiger partial charge on any atom is -0.314 e. The molecule has 0 bridgehead atoms. The van der Waals surface area contributed by atoms with Crippen LogP contribution in [-0.4, -0.2) is 42.4 Å². The molecule has 0 saturated carbocycles. The Kier molecular flexibility index (Phi) is 3.85. The highest BCUT2D eigenvalue weighted by Gasteiger charge is 2.57. The highest BCUT2D eigenvalue weighted by atomic mass is 19.4. The van der Waals surface area contributed by atoms with Crippen LogP contribution in [0.25, 0.3) is 0 Å². The van der Waals surface area contributed by atoms with Gasteiger partial charge in [-0.3, -0.25) is 19.3 Å². The first-order valence-corrected chi connectivity index (χ1v) is 8.55. The Hall–Kier alpha value is -3.16. The number of carbonyl (C=O) groups excluding carboxylic acids is 3. The summed E-state index contributed by atoms with van der Waals surface area (Å²) in [5.41, 5.74) is -1.31. The Morgan fingerprint density at radius 3 is 2.00 bits per heavy atom. The molecule has 4 rings (SSSR count). The van der Waals surface area contributed by atoms with Gasteiger partial charge in [-0.2, -0.15) is 13.2 Å². The molecule has 5 nitrogen and oxygen atoms in total. The van der Waals surface area contributed by atoms with E-state index in [0.29, 0.717) is 5.69 Å². The van der Waals surface area contributed by atoms with Crippen LogP contribution in [0.15, 0.2) is 48.5 Å². The molecular formula is C20H15F3N2O3. The number of rotatable bonds is 3. The number of para-hydroxylation sites is 1. The molecule has 0 N–H and O–H groups in total. The number of amides is 3. The molecule has 2 aliphatic heterocycles. The predicted molar refractivity (Wildman–Crippen MR) is 94.0 cm³/mol. The van der Waals surface area contributed by atoms with Gasteiger partial charge in [0.1, 0.15) is 5.41 Å². The minimum atomic E-state index is -4.67. The molecule has 0 fully saturated rings. The quantitative estimate of drug-likeness (QED) is 0.759. The van der Waals surface area contributed by atoms with Gasteiger partial charge in [-0.05, 0) is 23.8 Å². The molecule has 144 valence electrons. The van der Waals surface area contributed by atoms with Crippen LogP contribution in [0.3, 0.4) is 0 Å². The largest absolute Gasteiger partial charge is 0.390 e. The number of alkyl halides is 3. The van der Waals surface area contributed by atoms with Crippen molar-refractivity contribution in [2.75, 3.05) is 18.5 Å². The molecule has 2 heterocycles. The van der Waals surface area contributed by atoms with E-state index in [9.17, 15) is 27.6 Å². The topological polar surface area (TPSA) is 57.7 Å². The van der Waals surface area contributed by atoms with Crippen LogP contribution in [0.4, 0.5) is 18.9 Å². The summed E-state index contributed by atoms with van der Waals surface area (Å²) in [7, 11) is 1.39. The van der Waals surface area contributed by atoms with Crippen LogP contribution in [0.1, 0.15) is 32.7 Å². The van der Waals surface area contributed by atoms with Gasteiger partial charge >= 0.3 is 6.18 Å². The third kappa shape index (κ3) is 2.51. The molecule has 2 aliphatic rings. The van der Waals surface area contributed by atoms with Crippen LogP contribution in [0, 0.1) is 0 Å². The molecule has 1 atom stereocenters. The molecule has 28 heavy (non-hydrogen) atoms. The van der Waals surface area contributed by atoms with Crippen molar-refractivity contribution in [2.45, 2.75) is 18.0 Å². The molecule has 0 aliphatic carbocycles. The van der Waals surface area contributed by atoms with Crippen molar-refractivity contribution in [3.05, 3.63) is 65.2 Å². The summed E-state index contributed by atoms with van der Waals surface area (Å²) >= 11 is 0. The minimum absolute atomic E-state index is 0.127. The average Bonchev–Trinajstić information content (AvgIpc) is 3.01. The van der Waals surface area contributed by atoms with E-state index in [1.807, 2.05) is 0 Å². The van der Waals surface area contributed by atoms with Crippen molar-refractivity contribution < 1.29 is 27.6 Å². The summed E-state index contributed by atoms with van der Waals surface area (Å²) < 4.78 is 40.6. The van der Waals surface area contributed by atoms with E-state index in [2.05, 4.69) is 0 Å².